The van der Waals surface area contributed by atoms with E-state index in [1.165, 1.54) is 0 Å². The number of carbonyl (C=O) groups excluding carboxylic acids is 2. The normalized spacial score (nSPS) is 10.3. The Labute approximate surface area is 170 Å². The molecule has 0 bridgehead atoms. The van der Waals surface area contributed by atoms with Crippen LogP contribution in [0.5, 0.6) is 5.75 Å². The van der Waals surface area contributed by atoms with Gasteiger partial charge in [0.15, 0.2) is 6.61 Å². The van der Waals surface area contributed by atoms with Gasteiger partial charge in [0.05, 0.1) is 6.42 Å². The largest absolute Gasteiger partial charge is 0.484 e. The lowest BCUT2D eigenvalue weighted by molar-refractivity contribution is -0.128. The van der Waals surface area contributed by atoms with E-state index >= 15 is 0 Å². The van der Waals surface area contributed by atoms with Gasteiger partial charge in [-0.25, -0.2) is 0 Å². The summed E-state index contributed by atoms with van der Waals surface area (Å²) in [6.45, 7) is -0.0778. The predicted molar refractivity (Wildman–Crippen MR) is 115 cm³/mol. The van der Waals surface area contributed by atoms with E-state index in [1.807, 2.05) is 66.7 Å². The highest BCUT2D eigenvalue weighted by Crippen LogP contribution is 2.22. The number of anilines is 1. The minimum Gasteiger partial charge on any atom is -0.484 e. The molecule has 0 saturated heterocycles. The highest BCUT2D eigenvalue weighted by atomic mass is 16.5. The topological polar surface area (TPSA) is 58.6 Å². The van der Waals surface area contributed by atoms with Crippen molar-refractivity contribution in [2.24, 2.45) is 0 Å². The molecule has 1 N–H and O–H groups in total. The minimum atomic E-state index is -0.241. The summed E-state index contributed by atoms with van der Waals surface area (Å²) in [5.74, 6) is 0.431. The third-order valence-corrected chi connectivity index (χ3v) is 4.42. The van der Waals surface area contributed by atoms with E-state index in [0.29, 0.717) is 17.9 Å². The van der Waals surface area contributed by atoms with Gasteiger partial charge < -0.3 is 15.0 Å². The maximum absolute atomic E-state index is 12.1. The summed E-state index contributed by atoms with van der Waals surface area (Å²) >= 11 is 0. The van der Waals surface area contributed by atoms with Crippen LogP contribution < -0.4 is 10.1 Å². The van der Waals surface area contributed by atoms with Crippen LogP contribution in [0.3, 0.4) is 0 Å². The Bertz CT molecular complexity index is 950. The van der Waals surface area contributed by atoms with Crippen LogP contribution in [0.4, 0.5) is 5.69 Å². The van der Waals surface area contributed by atoms with Crippen molar-refractivity contribution in [3.05, 3.63) is 84.4 Å². The number of benzene rings is 3. The highest BCUT2D eigenvalue weighted by Gasteiger charge is 2.07. The van der Waals surface area contributed by atoms with Crippen LogP contribution in [0.2, 0.25) is 0 Å². The highest BCUT2D eigenvalue weighted by molar-refractivity contribution is 5.92. The number of nitrogens with one attached hydrogen (secondary N) is 1. The Hall–Kier alpha value is -3.60. The van der Waals surface area contributed by atoms with E-state index in [0.717, 1.165) is 16.7 Å². The molecule has 0 radical (unpaired) electrons. The third-order valence-electron chi connectivity index (χ3n) is 4.42. The molecular weight excluding hydrogens is 364 g/mol. The molecule has 0 fully saturated rings. The SMILES string of the molecule is CN(C)C(=O)Cc1ccc(NC(=O)COc2ccc(-c3ccccc3)cc2)cc1. The van der Waals surface area contributed by atoms with Crippen molar-refractivity contribution in [1.29, 1.82) is 0 Å². The first-order valence-electron chi connectivity index (χ1n) is 9.38. The van der Waals surface area contributed by atoms with Gasteiger partial charge in [0.1, 0.15) is 5.75 Å². The zero-order chi connectivity index (χ0) is 20.6. The molecule has 0 aliphatic heterocycles. The number of amides is 2. The Morgan fingerprint density at radius 1 is 0.828 bits per heavy atom. The van der Waals surface area contributed by atoms with Crippen molar-refractivity contribution >= 4 is 17.5 Å². The van der Waals surface area contributed by atoms with Crippen LogP contribution in [0.25, 0.3) is 11.1 Å². The zero-order valence-electron chi connectivity index (χ0n) is 16.6. The monoisotopic (exact) mass is 388 g/mol. The van der Waals surface area contributed by atoms with Gasteiger partial charge in [-0.3, -0.25) is 9.59 Å². The number of hydrogen-bond acceptors (Lipinski definition) is 3. The average Bonchev–Trinajstić information content (AvgIpc) is 2.74. The van der Waals surface area contributed by atoms with Crippen molar-refractivity contribution in [2.45, 2.75) is 6.42 Å². The lowest BCUT2D eigenvalue weighted by Gasteiger charge is -2.11. The molecule has 3 aromatic carbocycles. The van der Waals surface area contributed by atoms with Gasteiger partial charge in [0.25, 0.3) is 5.91 Å². The Kier molecular flexibility index (Phi) is 6.63. The summed E-state index contributed by atoms with van der Waals surface area (Å²) in [7, 11) is 3.46. The van der Waals surface area contributed by atoms with Crippen molar-refractivity contribution < 1.29 is 14.3 Å². The fourth-order valence-electron chi connectivity index (χ4n) is 2.76. The van der Waals surface area contributed by atoms with Crippen LogP contribution in [-0.4, -0.2) is 37.4 Å². The molecule has 5 nitrogen and oxygen atoms in total. The Morgan fingerprint density at radius 2 is 1.45 bits per heavy atom. The first-order chi connectivity index (χ1) is 14.0. The maximum atomic E-state index is 12.1. The second-order valence-corrected chi connectivity index (χ2v) is 6.89. The summed E-state index contributed by atoms with van der Waals surface area (Å²) < 4.78 is 5.57. The lowest BCUT2D eigenvalue weighted by Crippen LogP contribution is -2.23. The van der Waals surface area contributed by atoms with Crippen molar-refractivity contribution in [2.75, 3.05) is 26.0 Å². The van der Waals surface area contributed by atoms with Gasteiger partial charge in [-0.2, -0.15) is 0 Å². The number of nitrogens with zero attached hydrogens (tertiary/aromatic N) is 1. The summed E-state index contributed by atoms with van der Waals surface area (Å²) in [5.41, 5.74) is 3.79. The van der Waals surface area contributed by atoms with Crippen LogP contribution >= 0.6 is 0 Å². The Balaban J connectivity index is 1.49. The molecule has 0 aromatic heterocycles. The standard InChI is InChI=1S/C24H24N2O3/c1-26(2)24(28)16-18-8-12-21(13-9-18)25-23(27)17-29-22-14-10-20(11-15-22)19-6-4-3-5-7-19/h3-15H,16-17H2,1-2H3,(H,25,27). The second-order valence-electron chi connectivity index (χ2n) is 6.89. The van der Waals surface area contributed by atoms with Crippen molar-refractivity contribution in [3.63, 3.8) is 0 Å². The molecule has 0 unspecified atom stereocenters. The van der Waals surface area contributed by atoms with E-state index in [2.05, 4.69) is 5.32 Å². The summed E-state index contributed by atoms with van der Waals surface area (Å²) in [5, 5.41) is 2.79. The molecule has 2 amide bonds. The van der Waals surface area contributed by atoms with Gasteiger partial charge in [0, 0.05) is 19.8 Å². The van der Waals surface area contributed by atoms with Gasteiger partial charge in [-0.15, -0.1) is 0 Å². The molecule has 3 rings (SSSR count). The second kappa shape index (κ2) is 9.55. The first kappa shape index (κ1) is 20.1. The zero-order valence-corrected chi connectivity index (χ0v) is 16.6. The summed E-state index contributed by atoms with van der Waals surface area (Å²) in [6.07, 6.45) is 0.337. The molecule has 3 aromatic rings. The first-order valence-corrected chi connectivity index (χ1v) is 9.38. The molecule has 5 heteroatoms. The van der Waals surface area contributed by atoms with Crippen LogP contribution in [0.1, 0.15) is 5.56 Å². The molecule has 0 aliphatic carbocycles. The smallest absolute Gasteiger partial charge is 0.262 e. The quantitative estimate of drug-likeness (QED) is 0.666. The Morgan fingerprint density at radius 3 is 2.07 bits per heavy atom. The van der Waals surface area contributed by atoms with Crippen LogP contribution in [0.15, 0.2) is 78.9 Å². The molecule has 148 valence electrons. The number of carbonyl (C=O) groups is 2. The molecule has 29 heavy (non-hydrogen) atoms. The molecule has 0 aliphatic rings. The van der Waals surface area contributed by atoms with Gasteiger partial charge in [-0.05, 0) is 41.0 Å². The fourth-order valence-corrected chi connectivity index (χ4v) is 2.76. The average molecular weight is 388 g/mol. The molecule has 0 heterocycles. The van der Waals surface area contributed by atoms with Gasteiger partial charge >= 0.3 is 0 Å². The molecular formula is C24H24N2O3. The van der Waals surface area contributed by atoms with Crippen LogP contribution in [0, 0.1) is 0 Å². The molecule has 0 atom stereocenters. The summed E-state index contributed by atoms with van der Waals surface area (Å²) in [6, 6.07) is 24.9. The predicted octanol–water partition coefficient (Wildman–Crippen LogP) is 4.00. The van der Waals surface area contributed by atoms with Gasteiger partial charge in [0.2, 0.25) is 5.91 Å². The van der Waals surface area contributed by atoms with E-state index < -0.39 is 0 Å². The minimum absolute atomic E-state index is 0.0356. The molecule has 0 saturated carbocycles. The molecule has 0 spiro atoms. The third kappa shape index (κ3) is 5.94. The number of hydrogen-bond donors (Lipinski definition) is 1. The van der Waals surface area contributed by atoms with E-state index in [1.54, 1.807) is 31.1 Å². The van der Waals surface area contributed by atoms with Crippen LogP contribution in [-0.2, 0) is 16.0 Å². The van der Waals surface area contributed by atoms with E-state index in [4.69, 9.17) is 4.74 Å². The lowest BCUT2D eigenvalue weighted by atomic mass is 10.1. The fraction of sp³-hybridized carbons (Fsp3) is 0.167. The number of rotatable bonds is 7. The van der Waals surface area contributed by atoms with E-state index in [9.17, 15) is 9.59 Å². The van der Waals surface area contributed by atoms with E-state index in [-0.39, 0.29) is 18.4 Å². The van der Waals surface area contributed by atoms with Gasteiger partial charge in [-0.1, -0.05) is 54.6 Å². The summed E-state index contributed by atoms with van der Waals surface area (Å²) in [4.78, 5) is 25.4. The van der Waals surface area contributed by atoms with Crippen molar-refractivity contribution in [3.8, 4) is 16.9 Å². The maximum Gasteiger partial charge on any atom is 0.262 e. The number of ether oxygens (including phenoxy) is 1. The van der Waals surface area contributed by atoms with Crippen molar-refractivity contribution in [1.82, 2.24) is 4.90 Å². The number of likely N-dealkylation sites (N-methyl/N-ethyl adjacent to an activating group) is 1.